The lowest BCUT2D eigenvalue weighted by molar-refractivity contribution is 0.0389. The van der Waals surface area contributed by atoms with Gasteiger partial charge in [0.2, 0.25) is 0 Å². The van der Waals surface area contributed by atoms with E-state index < -0.39 is 0 Å². The molecule has 22 heavy (non-hydrogen) atoms. The number of ether oxygens (including phenoxy) is 1. The lowest BCUT2D eigenvalue weighted by Gasteiger charge is -2.26. The van der Waals surface area contributed by atoms with Gasteiger partial charge in [0.25, 0.3) is 0 Å². The first-order valence-corrected chi connectivity index (χ1v) is 8.54. The van der Waals surface area contributed by atoms with E-state index in [0.717, 1.165) is 51.5 Å². The third kappa shape index (κ3) is 5.55. The maximum Gasteiger partial charge on any atom is 0.170 e. The van der Waals surface area contributed by atoms with E-state index in [1.165, 1.54) is 5.56 Å². The van der Waals surface area contributed by atoms with Crippen molar-refractivity contribution in [3.63, 3.8) is 0 Å². The second-order valence-corrected chi connectivity index (χ2v) is 6.17. The molecule has 0 aromatic heterocycles. The molecule has 2 rings (SSSR count). The number of anilines is 1. The second-order valence-electron chi connectivity index (χ2n) is 5.77. The smallest absolute Gasteiger partial charge is 0.170 e. The van der Waals surface area contributed by atoms with Crippen LogP contribution in [0.4, 0.5) is 5.69 Å². The summed E-state index contributed by atoms with van der Waals surface area (Å²) < 4.78 is 5.34. The number of hydrogen-bond acceptors (Lipinski definition) is 3. The molecule has 1 aliphatic rings. The van der Waals surface area contributed by atoms with Crippen LogP contribution in [0.15, 0.2) is 24.3 Å². The van der Waals surface area contributed by atoms with Crippen molar-refractivity contribution in [2.75, 3.05) is 44.7 Å². The molecule has 0 aliphatic carbocycles. The lowest BCUT2D eigenvalue weighted by Crippen LogP contribution is -2.42. The van der Waals surface area contributed by atoms with Gasteiger partial charge in [-0.2, -0.15) is 0 Å². The Morgan fingerprint density at radius 3 is 2.59 bits per heavy atom. The first-order valence-electron chi connectivity index (χ1n) is 8.14. The molecule has 1 heterocycles. The van der Waals surface area contributed by atoms with E-state index in [1.54, 1.807) is 0 Å². The average Bonchev–Trinajstić information content (AvgIpc) is 2.56. The zero-order valence-electron chi connectivity index (χ0n) is 13.6. The largest absolute Gasteiger partial charge is 0.379 e. The quantitative estimate of drug-likeness (QED) is 0.788. The molecule has 5 heteroatoms. The second kappa shape index (κ2) is 9.08. The van der Waals surface area contributed by atoms with Crippen LogP contribution >= 0.6 is 12.2 Å². The summed E-state index contributed by atoms with van der Waals surface area (Å²) in [6, 6.07) is 8.54. The third-order valence-electron chi connectivity index (χ3n) is 4.17. The SMILES string of the molecule is CCC(C)c1ccc(NC(=S)NCCN2CCOCC2)cc1. The number of hydrogen-bond donors (Lipinski definition) is 2. The Balaban J connectivity index is 1.70. The van der Waals surface area contributed by atoms with Crippen molar-refractivity contribution in [2.45, 2.75) is 26.2 Å². The Bertz CT molecular complexity index is 457. The summed E-state index contributed by atoms with van der Waals surface area (Å²) in [7, 11) is 0. The Morgan fingerprint density at radius 1 is 1.27 bits per heavy atom. The Kier molecular flexibility index (Phi) is 7.09. The standard InChI is InChI=1S/C17H27N3OS/c1-3-14(2)15-4-6-16(7-5-15)19-17(22)18-8-9-20-10-12-21-13-11-20/h4-7,14H,3,8-13H2,1-2H3,(H2,18,19,22). The first kappa shape index (κ1) is 17.2. The van der Waals surface area contributed by atoms with Crippen molar-refractivity contribution in [3.05, 3.63) is 29.8 Å². The van der Waals surface area contributed by atoms with Gasteiger partial charge in [-0.1, -0.05) is 26.0 Å². The molecule has 0 amide bonds. The van der Waals surface area contributed by atoms with Crippen LogP contribution in [0.1, 0.15) is 31.7 Å². The van der Waals surface area contributed by atoms with Crippen molar-refractivity contribution in [2.24, 2.45) is 0 Å². The molecule has 1 aliphatic heterocycles. The molecule has 0 saturated carbocycles. The zero-order chi connectivity index (χ0) is 15.8. The molecule has 1 aromatic carbocycles. The Labute approximate surface area is 139 Å². The van der Waals surface area contributed by atoms with Gasteiger partial charge in [0.1, 0.15) is 0 Å². The molecule has 1 unspecified atom stereocenters. The first-order chi connectivity index (χ1) is 10.7. The molecule has 1 fully saturated rings. The molecule has 4 nitrogen and oxygen atoms in total. The van der Waals surface area contributed by atoms with Crippen molar-refractivity contribution < 1.29 is 4.74 Å². The normalized spacial score (nSPS) is 17.0. The number of nitrogens with one attached hydrogen (secondary N) is 2. The summed E-state index contributed by atoms with van der Waals surface area (Å²) in [6.45, 7) is 10.0. The van der Waals surface area contributed by atoms with Crippen LogP contribution in [-0.2, 0) is 4.74 Å². The van der Waals surface area contributed by atoms with Crippen LogP contribution in [0.25, 0.3) is 0 Å². The summed E-state index contributed by atoms with van der Waals surface area (Å²) >= 11 is 5.34. The summed E-state index contributed by atoms with van der Waals surface area (Å²) in [5, 5.41) is 7.19. The van der Waals surface area contributed by atoms with Gasteiger partial charge in [-0.15, -0.1) is 0 Å². The molecule has 2 N–H and O–H groups in total. The van der Waals surface area contributed by atoms with Gasteiger partial charge in [0.15, 0.2) is 5.11 Å². The molecule has 0 radical (unpaired) electrons. The highest BCUT2D eigenvalue weighted by Crippen LogP contribution is 2.20. The molecule has 1 atom stereocenters. The monoisotopic (exact) mass is 321 g/mol. The van der Waals surface area contributed by atoms with Crippen LogP contribution in [0.3, 0.4) is 0 Å². The molecular formula is C17H27N3OS. The van der Waals surface area contributed by atoms with E-state index in [4.69, 9.17) is 17.0 Å². The maximum atomic E-state index is 5.34. The number of nitrogens with zero attached hydrogens (tertiary/aromatic N) is 1. The summed E-state index contributed by atoms with van der Waals surface area (Å²) in [5.41, 5.74) is 2.41. The topological polar surface area (TPSA) is 36.5 Å². The van der Waals surface area contributed by atoms with Crippen LogP contribution in [0, 0.1) is 0 Å². The van der Waals surface area contributed by atoms with Gasteiger partial charge in [-0.05, 0) is 42.3 Å². The van der Waals surface area contributed by atoms with Crippen molar-refractivity contribution >= 4 is 23.0 Å². The van der Waals surface area contributed by atoms with E-state index in [0.29, 0.717) is 11.0 Å². The Morgan fingerprint density at radius 2 is 1.95 bits per heavy atom. The number of morpholine rings is 1. The van der Waals surface area contributed by atoms with E-state index in [1.807, 2.05) is 0 Å². The molecule has 1 aromatic rings. The van der Waals surface area contributed by atoms with E-state index in [-0.39, 0.29) is 0 Å². The van der Waals surface area contributed by atoms with Gasteiger partial charge in [-0.25, -0.2) is 0 Å². The highest BCUT2D eigenvalue weighted by Gasteiger charge is 2.09. The molecule has 0 bridgehead atoms. The third-order valence-corrected chi connectivity index (χ3v) is 4.41. The van der Waals surface area contributed by atoms with Crippen LogP contribution in [-0.4, -0.2) is 49.4 Å². The summed E-state index contributed by atoms with van der Waals surface area (Å²) in [6.07, 6.45) is 1.16. The molecular weight excluding hydrogens is 294 g/mol. The van der Waals surface area contributed by atoms with Gasteiger partial charge in [0, 0.05) is 31.9 Å². The Hall–Kier alpha value is -1.17. The number of thiocarbonyl (C=S) groups is 1. The highest BCUT2D eigenvalue weighted by atomic mass is 32.1. The van der Waals surface area contributed by atoms with Crippen LogP contribution in [0.2, 0.25) is 0 Å². The maximum absolute atomic E-state index is 5.34. The zero-order valence-corrected chi connectivity index (χ0v) is 14.4. The number of rotatable bonds is 6. The predicted octanol–water partition coefficient (Wildman–Crippen LogP) is 2.82. The van der Waals surface area contributed by atoms with E-state index >= 15 is 0 Å². The van der Waals surface area contributed by atoms with Crippen molar-refractivity contribution in [1.82, 2.24) is 10.2 Å². The van der Waals surface area contributed by atoms with Crippen molar-refractivity contribution in [1.29, 1.82) is 0 Å². The fraction of sp³-hybridized carbons (Fsp3) is 0.588. The van der Waals surface area contributed by atoms with Crippen LogP contribution in [0.5, 0.6) is 0 Å². The fourth-order valence-electron chi connectivity index (χ4n) is 2.46. The van der Waals surface area contributed by atoms with Gasteiger partial charge in [0.05, 0.1) is 13.2 Å². The summed E-state index contributed by atoms with van der Waals surface area (Å²) in [4.78, 5) is 2.39. The minimum absolute atomic E-state index is 0.604. The fourth-order valence-corrected chi connectivity index (χ4v) is 2.68. The minimum Gasteiger partial charge on any atom is -0.379 e. The molecule has 122 valence electrons. The molecule has 1 saturated heterocycles. The predicted molar refractivity (Wildman–Crippen MR) is 96.6 cm³/mol. The van der Waals surface area contributed by atoms with Gasteiger partial charge in [-0.3, -0.25) is 4.90 Å². The van der Waals surface area contributed by atoms with E-state index in [9.17, 15) is 0 Å². The van der Waals surface area contributed by atoms with Crippen LogP contribution < -0.4 is 10.6 Å². The van der Waals surface area contributed by atoms with Gasteiger partial charge >= 0.3 is 0 Å². The van der Waals surface area contributed by atoms with Crippen molar-refractivity contribution in [3.8, 4) is 0 Å². The highest BCUT2D eigenvalue weighted by molar-refractivity contribution is 7.80. The summed E-state index contributed by atoms with van der Waals surface area (Å²) in [5.74, 6) is 0.604. The number of benzene rings is 1. The van der Waals surface area contributed by atoms with E-state index in [2.05, 4.69) is 53.6 Å². The van der Waals surface area contributed by atoms with Gasteiger partial charge < -0.3 is 15.4 Å². The molecule has 0 spiro atoms. The minimum atomic E-state index is 0.604. The lowest BCUT2D eigenvalue weighted by atomic mass is 9.99. The average molecular weight is 321 g/mol.